The summed E-state index contributed by atoms with van der Waals surface area (Å²) in [4.78, 5) is 26.4. The molecule has 1 aromatic rings. The Balaban J connectivity index is 2.46. The van der Waals surface area contributed by atoms with Gasteiger partial charge in [-0.2, -0.15) is 0 Å². The summed E-state index contributed by atoms with van der Waals surface area (Å²) in [6.07, 6.45) is 2.91. The van der Waals surface area contributed by atoms with Crippen LogP contribution >= 0.6 is 0 Å². The minimum absolute atomic E-state index is 0.0450. The van der Waals surface area contributed by atoms with Crippen LogP contribution in [0.1, 0.15) is 51.7 Å². The Bertz CT molecular complexity index is 826. The molecule has 0 unspecified atom stereocenters. The molecule has 7 nitrogen and oxygen atoms in total. The molecule has 2 rings (SSSR count). The first-order valence-electron chi connectivity index (χ1n) is 12.1. The fourth-order valence-electron chi connectivity index (χ4n) is 4.19. The van der Waals surface area contributed by atoms with Gasteiger partial charge in [-0.15, -0.1) is 0 Å². The number of ether oxygens (including phenoxy) is 1. The average molecular weight is 459 g/mol. The van der Waals surface area contributed by atoms with Crippen LogP contribution in [0.3, 0.4) is 0 Å². The van der Waals surface area contributed by atoms with Crippen LogP contribution in [0.25, 0.3) is 0 Å². The number of carbonyl (C=O) groups excluding carboxylic acids is 2. The molecule has 7 heteroatoms. The summed E-state index contributed by atoms with van der Waals surface area (Å²) in [6.45, 7) is 13.1. The van der Waals surface area contributed by atoms with Crippen LogP contribution in [0.15, 0.2) is 30.5 Å². The monoisotopic (exact) mass is 458 g/mol. The SMILES string of the molecule is C=C1N[C@@H]([C@H](C)CC)C(=O)NCCc2ccc(OC)c(c2)C[C@H](NC)C(=O)N[C@@H]1[C@@H](C)CC. The van der Waals surface area contributed by atoms with Crippen LogP contribution in [-0.2, 0) is 22.4 Å². The smallest absolute Gasteiger partial charge is 0.242 e. The molecule has 1 aromatic carbocycles. The topological polar surface area (TPSA) is 91.5 Å². The van der Waals surface area contributed by atoms with E-state index in [1.807, 2.05) is 12.1 Å². The van der Waals surface area contributed by atoms with E-state index >= 15 is 0 Å². The summed E-state index contributed by atoms with van der Waals surface area (Å²) in [5.74, 6) is 0.875. The predicted molar refractivity (Wildman–Crippen MR) is 133 cm³/mol. The van der Waals surface area contributed by atoms with Crippen molar-refractivity contribution in [1.29, 1.82) is 0 Å². The van der Waals surface area contributed by atoms with Crippen LogP contribution < -0.4 is 26.0 Å². The summed E-state index contributed by atoms with van der Waals surface area (Å²) in [7, 11) is 3.43. The molecule has 184 valence electrons. The van der Waals surface area contributed by atoms with Crippen molar-refractivity contribution in [3.63, 3.8) is 0 Å². The average Bonchev–Trinajstić information content (AvgIpc) is 2.82. The molecule has 2 bridgehead atoms. The van der Waals surface area contributed by atoms with Gasteiger partial charge in [0.05, 0.1) is 19.2 Å². The first-order valence-corrected chi connectivity index (χ1v) is 12.1. The Morgan fingerprint density at radius 2 is 1.76 bits per heavy atom. The van der Waals surface area contributed by atoms with Gasteiger partial charge >= 0.3 is 0 Å². The third-order valence-corrected chi connectivity index (χ3v) is 6.87. The molecule has 0 aromatic heterocycles. The van der Waals surface area contributed by atoms with Gasteiger partial charge in [0.25, 0.3) is 0 Å². The maximum atomic E-state index is 13.3. The van der Waals surface area contributed by atoms with E-state index in [0.717, 1.165) is 29.7 Å². The Morgan fingerprint density at radius 1 is 1.09 bits per heavy atom. The van der Waals surface area contributed by atoms with Crippen molar-refractivity contribution in [3.8, 4) is 5.75 Å². The number of benzene rings is 1. The van der Waals surface area contributed by atoms with Gasteiger partial charge in [-0.3, -0.25) is 9.59 Å². The highest BCUT2D eigenvalue weighted by Crippen LogP contribution is 2.23. The van der Waals surface area contributed by atoms with E-state index in [0.29, 0.717) is 25.1 Å². The van der Waals surface area contributed by atoms with Crippen molar-refractivity contribution in [2.75, 3.05) is 20.7 Å². The van der Waals surface area contributed by atoms with Crippen LogP contribution in [0.2, 0.25) is 0 Å². The van der Waals surface area contributed by atoms with E-state index in [1.165, 1.54) is 0 Å². The van der Waals surface area contributed by atoms with Crippen molar-refractivity contribution < 1.29 is 14.3 Å². The fourth-order valence-corrected chi connectivity index (χ4v) is 4.19. The van der Waals surface area contributed by atoms with Gasteiger partial charge in [0.15, 0.2) is 0 Å². The van der Waals surface area contributed by atoms with Crippen molar-refractivity contribution in [3.05, 3.63) is 41.6 Å². The van der Waals surface area contributed by atoms with Crippen molar-refractivity contribution in [1.82, 2.24) is 21.3 Å². The van der Waals surface area contributed by atoms with Gasteiger partial charge in [0, 0.05) is 18.7 Å². The van der Waals surface area contributed by atoms with Crippen LogP contribution in [-0.4, -0.2) is 50.6 Å². The molecule has 33 heavy (non-hydrogen) atoms. The van der Waals surface area contributed by atoms with Gasteiger partial charge < -0.3 is 26.0 Å². The first kappa shape index (κ1) is 26.7. The predicted octanol–water partition coefficient (Wildman–Crippen LogP) is 2.55. The minimum atomic E-state index is -0.427. The molecule has 5 atom stereocenters. The maximum Gasteiger partial charge on any atom is 0.242 e. The van der Waals surface area contributed by atoms with Crippen LogP contribution in [0.4, 0.5) is 0 Å². The van der Waals surface area contributed by atoms with Crippen LogP contribution in [0.5, 0.6) is 5.75 Å². The zero-order valence-corrected chi connectivity index (χ0v) is 21.1. The Hall–Kier alpha value is -2.54. The first-order chi connectivity index (χ1) is 15.7. The standard InChI is InChI=1S/C26H42N4O3/c1-8-16(3)23-18(5)29-24(17(4)9-2)26(32)28-13-12-19-10-11-22(33-7)20(14-19)15-21(27-6)25(31)30-23/h10-11,14,16-17,21,23-24,27,29H,5,8-9,12-13,15H2,1-4,6-7H3,(H,28,32)(H,30,31)/t16-,17+,21-,23+,24-/m0/s1. The van der Waals surface area contributed by atoms with Gasteiger partial charge in [0.1, 0.15) is 11.8 Å². The third-order valence-electron chi connectivity index (χ3n) is 6.87. The highest BCUT2D eigenvalue weighted by Gasteiger charge is 2.30. The minimum Gasteiger partial charge on any atom is -0.496 e. The molecule has 0 saturated carbocycles. The fraction of sp³-hybridized carbons (Fsp3) is 0.615. The van der Waals surface area contributed by atoms with Gasteiger partial charge in [-0.25, -0.2) is 0 Å². The van der Waals surface area contributed by atoms with E-state index in [1.54, 1.807) is 14.2 Å². The summed E-state index contributed by atoms with van der Waals surface area (Å²) in [5, 5.41) is 12.8. The quantitative estimate of drug-likeness (QED) is 0.526. The molecule has 0 spiro atoms. The highest BCUT2D eigenvalue weighted by molar-refractivity contribution is 5.83. The molecule has 0 aliphatic carbocycles. The van der Waals surface area contributed by atoms with Gasteiger partial charge in [-0.1, -0.05) is 59.2 Å². The number of nitrogens with one attached hydrogen (secondary N) is 4. The summed E-state index contributed by atoms with van der Waals surface area (Å²) >= 11 is 0. The molecule has 0 saturated heterocycles. The molecule has 1 aliphatic heterocycles. The van der Waals surface area contributed by atoms with Gasteiger partial charge in [0.2, 0.25) is 11.8 Å². The van der Waals surface area contributed by atoms with E-state index in [2.05, 4.69) is 61.6 Å². The summed E-state index contributed by atoms with van der Waals surface area (Å²) in [5.41, 5.74) is 2.72. The van der Waals surface area contributed by atoms with Crippen molar-refractivity contribution in [2.45, 2.75) is 71.5 Å². The number of amides is 2. The molecule has 1 aliphatic rings. The second-order valence-corrected chi connectivity index (χ2v) is 9.14. The Morgan fingerprint density at radius 3 is 2.36 bits per heavy atom. The van der Waals surface area contributed by atoms with Crippen molar-refractivity contribution >= 4 is 11.8 Å². The number of likely N-dealkylation sites (N-methyl/N-ethyl adjacent to an activating group) is 1. The van der Waals surface area contributed by atoms with E-state index in [-0.39, 0.29) is 29.7 Å². The number of carbonyl (C=O) groups is 2. The largest absolute Gasteiger partial charge is 0.496 e. The van der Waals surface area contributed by atoms with E-state index in [4.69, 9.17) is 4.74 Å². The van der Waals surface area contributed by atoms with Gasteiger partial charge in [-0.05, 0) is 42.5 Å². The molecule has 0 fully saturated rings. The summed E-state index contributed by atoms with van der Waals surface area (Å²) in [6, 6.07) is 4.87. The number of methoxy groups -OCH3 is 1. The number of hydrogen-bond donors (Lipinski definition) is 4. The highest BCUT2D eigenvalue weighted by atomic mass is 16.5. The van der Waals surface area contributed by atoms with E-state index in [9.17, 15) is 9.59 Å². The second kappa shape index (κ2) is 12.6. The maximum absolute atomic E-state index is 13.3. The van der Waals surface area contributed by atoms with Crippen molar-refractivity contribution in [2.24, 2.45) is 11.8 Å². The normalized spacial score (nSPS) is 24.4. The zero-order chi connectivity index (χ0) is 24.5. The lowest BCUT2D eigenvalue weighted by Gasteiger charge is -2.33. The zero-order valence-electron chi connectivity index (χ0n) is 21.1. The summed E-state index contributed by atoms with van der Waals surface area (Å²) < 4.78 is 5.55. The Labute approximate surface area is 199 Å². The number of rotatable bonds is 6. The lowest BCUT2D eigenvalue weighted by atomic mass is 9.93. The van der Waals surface area contributed by atoms with Crippen LogP contribution in [0, 0.1) is 11.8 Å². The van der Waals surface area contributed by atoms with E-state index < -0.39 is 12.1 Å². The molecule has 4 N–H and O–H groups in total. The number of fused-ring (bicyclic) bond motifs is 2. The number of hydrogen-bond acceptors (Lipinski definition) is 5. The second-order valence-electron chi connectivity index (χ2n) is 9.14. The molecule has 1 heterocycles. The molecular formula is C26H42N4O3. The molecular weight excluding hydrogens is 416 g/mol. The Kier molecular flexibility index (Phi) is 10.2. The lowest BCUT2D eigenvalue weighted by Crippen LogP contribution is -2.55. The molecule has 0 radical (unpaired) electrons. The third kappa shape index (κ3) is 6.97. The molecule has 2 amide bonds. The lowest BCUT2D eigenvalue weighted by molar-refractivity contribution is -0.124.